The molecule has 16 heavy (non-hydrogen) atoms. The Labute approximate surface area is 107 Å². The molecule has 0 saturated heterocycles. The summed E-state index contributed by atoms with van der Waals surface area (Å²) in [4.78, 5) is 8.41. The number of nitrogens with zero attached hydrogens (tertiary/aromatic N) is 2. The van der Waals surface area contributed by atoms with Crippen molar-refractivity contribution in [1.82, 2.24) is 4.98 Å². The van der Waals surface area contributed by atoms with Crippen LogP contribution < -0.4 is 4.90 Å². The van der Waals surface area contributed by atoms with Gasteiger partial charge in [-0.25, -0.2) is 4.98 Å². The van der Waals surface area contributed by atoms with Crippen LogP contribution in [-0.2, 0) is 0 Å². The molecule has 0 aliphatic heterocycles. The molecule has 1 aromatic rings. The predicted molar refractivity (Wildman–Crippen MR) is 71.9 cm³/mol. The highest BCUT2D eigenvalue weighted by Gasteiger charge is 2.24. The van der Waals surface area contributed by atoms with Crippen LogP contribution in [0.15, 0.2) is 0 Å². The molecule has 0 amide bonds. The first-order chi connectivity index (χ1) is 7.72. The third-order valence-corrected chi connectivity index (χ3v) is 4.63. The van der Waals surface area contributed by atoms with Gasteiger partial charge in [0.25, 0.3) is 0 Å². The molecule has 1 aromatic heterocycles. The zero-order valence-corrected chi connectivity index (χ0v) is 11.6. The molecule has 1 saturated carbocycles. The molecule has 0 spiro atoms. The molecule has 4 heteroatoms. The van der Waals surface area contributed by atoms with Gasteiger partial charge in [0.15, 0.2) is 5.13 Å². The molecule has 0 radical (unpaired) electrons. The van der Waals surface area contributed by atoms with Crippen molar-refractivity contribution in [3.8, 4) is 0 Å². The van der Waals surface area contributed by atoms with E-state index >= 15 is 0 Å². The van der Waals surface area contributed by atoms with Gasteiger partial charge in [-0.2, -0.15) is 0 Å². The molecule has 1 aliphatic carbocycles. The minimum atomic E-state index is 0.670. The van der Waals surface area contributed by atoms with Gasteiger partial charge in [0.1, 0.15) is 0 Å². The van der Waals surface area contributed by atoms with Gasteiger partial charge in [-0.3, -0.25) is 0 Å². The molecular formula is C12H19ClN2S. The van der Waals surface area contributed by atoms with Crippen LogP contribution >= 0.6 is 22.9 Å². The first kappa shape index (κ1) is 12.2. The van der Waals surface area contributed by atoms with E-state index in [9.17, 15) is 0 Å². The van der Waals surface area contributed by atoms with E-state index in [1.165, 1.54) is 35.7 Å². The van der Waals surface area contributed by atoms with Crippen molar-refractivity contribution < 1.29 is 0 Å². The maximum atomic E-state index is 5.91. The van der Waals surface area contributed by atoms with Crippen LogP contribution in [0.25, 0.3) is 0 Å². The van der Waals surface area contributed by atoms with Gasteiger partial charge >= 0.3 is 0 Å². The van der Waals surface area contributed by atoms with Crippen molar-refractivity contribution in [3.63, 3.8) is 0 Å². The van der Waals surface area contributed by atoms with Crippen LogP contribution in [0, 0.1) is 13.8 Å². The number of halogens is 1. The Kier molecular flexibility index (Phi) is 4.09. The third kappa shape index (κ3) is 2.51. The fourth-order valence-corrected chi connectivity index (χ4v) is 3.51. The first-order valence-corrected chi connectivity index (χ1v) is 7.34. The SMILES string of the molecule is Cc1nc(N(CCCl)C2CCCC2)sc1C. The summed E-state index contributed by atoms with van der Waals surface area (Å²) in [6.07, 6.45) is 5.31. The minimum Gasteiger partial charge on any atom is -0.344 e. The van der Waals surface area contributed by atoms with Crippen molar-refractivity contribution >= 4 is 28.1 Å². The molecule has 1 fully saturated rings. The number of anilines is 1. The lowest BCUT2D eigenvalue weighted by atomic mass is 10.2. The fourth-order valence-electron chi connectivity index (χ4n) is 2.32. The Morgan fingerprint density at radius 1 is 1.38 bits per heavy atom. The van der Waals surface area contributed by atoms with Crippen molar-refractivity contribution in [1.29, 1.82) is 0 Å². The summed E-state index contributed by atoms with van der Waals surface area (Å²) in [6.45, 7) is 5.16. The average Bonchev–Trinajstić information content (AvgIpc) is 2.86. The molecule has 0 N–H and O–H groups in total. The van der Waals surface area contributed by atoms with Gasteiger partial charge in [-0.05, 0) is 26.7 Å². The number of aryl methyl sites for hydroxylation is 2. The molecule has 0 aromatic carbocycles. The quantitative estimate of drug-likeness (QED) is 0.765. The van der Waals surface area contributed by atoms with Gasteiger partial charge in [0.2, 0.25) is 0 Å². The lowest BCUT2D eigenvalue weighted by Crippen LogP contribution is -2.34. The topological polar surface area (TPSA) is 16.1 Å². The van der Waals surface area contributed by atoms with Crippen LogP contribution in [0.2, 0.25) is 0 Å². The normalized spacial score (nSPS) is 16.9. The molecule has 0 unspecified atom stereocenters. The molecule has 0 bridgehead atoms. The maximum absolute atomic E-state index is 5.91. The average molecular weight is 259 g/mol. The summed E-state index contributed by atoms with van der Waals surface area (Å²) in [7, 11) is 0. The smallest absolute Gasteiger partial charge is 0.186 e. The highest BCUT2D eigenvalue weighted by Crippen LogP contribution is 2.32. The number of rotatable bonds is 4. The Hall–Kier alpha value is -0.280. The van der Waals surface area contributed by atoms with Crippen LogP contribution in [0.3, 0.4) is 0 Å². The lowest BCUT2D eigenvalue weighted by molar-refractivity contribution is 0.619. The van der Waals surface area contributed by atoms with E-state index in [0.717, 1.165) is 12.2 Å². The Morgan fingerprint density at radius 3 is 2.56 bits per heavy atom. The van der Waals surface area contributed by atoms with E-state index < -0.39 is 0 Å². The highest BCUT2D eigenvalue weighted by molar-refractivity contribution is 7.15. The monoisotopic (exact) mass is 258 g/mol. The van der Waals surface area contributed by atoms with Crippen molar-refractivity contribution in [2.75, 3.05) is 17.3 Å². The fraction of sp³-hybridized carbons (Fsp3) is 0.750. The van der Waals surface area contributed by atoms with Crippen molar-refractivity contribution in [2.24, 2.45) is 0 Å². The second kappa shape index (κ2) is 5.37. The minimum absolute atomic E-state index is 0.670. The first-order valence-electron chi connectivity index (χ1n) is 5.99. The second-order valence-corrected chi connectivity index (χ2v) is 6.02. The van der Waals surface area contributed by atoms with E-state index in [1.807, 2.05) is 0 Å². The molecule has 0 atom stereocenters. The van der Waals surface area contributed by atoms with Crippen LogP contribution in [0.5, 0.6) is 0 Å². The summed E-state index contributed by atoms with van der Waals surface area (Å²) < 4.78 is 0. The second-order valence-electron chi connectivity index (χ2n) is 4.46. The number of hydrogen-bond acceptors (Lipinski definition) is 3. The zero-order chi connectivity index (χ0) is 11.5. The van der Waals surface area contributed by atoms with Crippen LogP contribution in [-0.4, -0.2) is 23.5 Å². The number of aromatic nitrogens is 1. The molecule has 90 valence electrons. The zero-order valence-electron chi connectivity index (χ0n) is 10.0. The summed E-state index contributed by atoms with van der Waals surface area (Å²) >= 11 is 7.71. The number of thiazole rings is 1. The number of hydrogen-bond donors (Lipinski definition) is 0. The predicted octanol–water partition coefficient (Wildman–Crippen LogP) is 3.75. The van der Waals surface area contributed by atoms with Crippen molar-refractivity contribution in [3.05, 3.63) is 10.6 Å². The van der Waals surface area contributed by atoms with E-state index in [2.05, 4.69) is 23.7 Å². The van der Waals surface area contributed by atoms with E-state index in [4.69, 9.17) is 11.6 Å². The van der Waals surface area contributed by atoms with Crippen LogP contribution in [0.4, 0.5) is 5.13 Å². The maximum Gasteiger partial charge on any atom is 0.186 e. The summed E-state index contributed by atoms with van der Waals surface area (Å²) in [6, 6.07) is 0.670. The summed E-state index contributed by atoms with van der Waals surface area (Å²) in [5.74, 6) is 0.689. The summed E-state index contributed by atoms with van der Waals surface area (Å²) in [5.41, 5.74) is 1.16. The largest absolute Gasteiger partial charge is 0.344 e. The van der Waals surface area contributed by atoms with E-state index in [1.54, 1.807) is 11.3 Å². The van der Waals surface area contributed by atoms with Gasteiger partial charge in [0, 0.05) is 23.3 Å². The third-order valence-electron chi connectivity index (χ3n) is 3.35. The lowest BCUT2D eigenvalue weighted by Gasteiger charge is -2.27. The van der Waals surface area contributed by atoms with E-state index in [0.29, 0.717) is 11.9 Å². The molecular weight excluding hydrogens is 240 g/mol. The van der Waals surface area contributed by atoms with Gasteiger partial charge in [-0.15, -0.1) is 22.9 Å². The molecule has 2 nitrogen and oxygen atoms in total. The Balaban J connectivity index is 2.17. The summed E-state index contributed by atoms with van der Waals surface area (Å²) in [5, 5.41) is 1.17. The van der Waals surface area contributed by atoms with Gasteiger partial charge in [-0.1, -0.05) is 12.8 Å². The van der Waals surface area contributed by atoms with Crippen molar-refractivity contribution in [2.45, 2.75) is 45.6 Å². The van der Waals surface area contributed by atoms with E-state index in [-0.39, 0.29) is 0 Å². The standard InChI is InChI=1S/C12H19ClN2S/c1-9-10(2)16-12(14-9)15(8-7-13)11-5-3-4-6-11/h11H,3-8H2,1-2H3. The highest BCUT2D eigenvalue weighted by atomic mass is 35.5. The van der Waals surface area contributed by atoms with Crippen LogP contribution in [0.1, 0.15) is 36.3 Å². The molecule has 1 heterocycles. The number of alkyl halides is 1. The van der Waals surface area contributed by atoms with Gasteiger partial charge in [0.05, 0.1) is 5.69 Å². The Bertz CT molecular complexity index is 325. The van der Waals surface area contributed by atoms with Gasteiger partial charge < -0.3 is 4.90 Å². The molecule has 2 rings (SSSR count). The molecule has 1 aliphatic rings. The Morgan fingerprint density at radius 2 is 2.06 bits per heavy atom.